The van der Waals surface area contributed by atoms with Gasteiger partial charge in [-0.05, 0) is 47.7 Å². The largest absolute Gasteiger partial charge is 0.329 e. The maximum atomic E-state index is 13.3. The van der Waals surface area contributed by atoms with E-state index in [-0.39, 0.29) is 11.9 Å². The maximum absolute atomic E-state index is 13.3. The van der Waals surface area contributed by atoms with Gasteiger partial charge in [0.15, 0.2) is 0 Å². The number of nitrogens with zero attached hydrogens (tertiary/aromatic N) is 3. The number of hydrogen-bond acceptors (Lipinski definition) is 3. The summed E-state index contributed by atoms with van der Waals surface area (Å²) in [7, 11) is 0. The first-order valence-corrected chi connectivity index (χ1v) is 12.0. The number of fused-ring (bicyclic) bond motifs is 1. The molecule has 1 aliphatic heterocycles. The van der Waals surface area contributed by atoms with Gasteiger partial charge in [-0.1, -0.05) is 66.2 Å². The average Bonchev–Trinajstić information content (AvgIpc) is 3.20. The molecule has 3 aromatic carbocycles. The molecule has 2 heterocycles. The lowest BCUT2D eigenvalue weighted by Crippen LogP contribution is -2.34. The van der Waals surface area contributed by atoms with Crippen molar-refractivity contribution in [3.05, 3.63) is 125 Å². The quantitative estimate of drug-likeness (QED) is 0.413. The minimum absolute atomic E-state index is 0.210. The zero-order valence-electron chi connectivity index (χ0n) is 19.6. The van der Waals surface area contributed by atoms with E-state index in [1.807, 2.05) is 24.7 Å². The third kappa shape index (κ3) is 5.44. The van der Waals surface area contributed by atoms with Crippen LogP contribution in [0, 0.1) is 12.7 Å². The fraction of sp³-hybridized carbons (Fsp3) is 0.276. The molecule has 1 aromatic heterocycles. The Labute approximate surface area is 201 Å². The molecule has 0 saturated heterocycles. The number of imidazole rings is 1. The van der Waals surface area contributed by atoms with E-state index < -0.39 is 0 Å². The van der Waals surface area contributed by atoms with E-state index in [1.54, 1.807) is 0 Å². The number of benzene rings is 3. The topological polar surface area (TPSA) is 33.1 Å². The highest BCUT2D eigenvalue weighted by atomic mass is 19.1. The van der Waals surface area contributed by atoms with Crippen molar-refractivity contribution in [1.82, 2.24) is 19.8 Å². The average molecular weight is 455 g/mol. The lowest BCUT2D eigenvalue weighted by atomic mass is 9.99. The van der Waals surface area contributed by atoms with Gasteiger partial charge in [-0.25, -0.2) is 9.37 Å². The number of rotatable bonds is 7. The van der Waals surface area contributed by atoms with Crippen LogP contribution < -0.4 is 5.32 Å². The lowest BCUT2D eigenvalue weighted by molar-refractivity contribution is 0.245. The van der Waals surface area contributed by atoms with Crippen molar-refractivity contribution in [3.63, 3.8) is 0 Å². The minimum Gasteiger partial charge on any atom is -0.329 e. The molecule has 174 valence electrons. The van der Waals surface area contributed by atoms with E-state index >= 15 is 0 Å². The molecule has 0 spiro atoms. The molecular weight excluding hydrogens is 423 g/mol. The molecule has 4 nitrogen and oxygen atoms in total. The van der Waals surface area contributed by atoms with Crippen LogP contribution >= 0.6 is 0 Å². The number of hydrogen-bond donors (Lipinski definition) is 1. The van der Waals surface area contributed by atoms with Gasteiger partial charge in [0.2, 0.25) is 0 Å². The molecule has 5 rings (SSSR count). The van der Waals surface area contributed by atoms with Crippen LogP contribution in [0.25, 0.3) is 0 Å². The predicted octanol–water partition coefficient (Wildman–Crippen LogP) is 5.27. The van der Waals surface area contributed by atoms with Crippen molar-refractivity contribution in [2.24, 2.45) is 0 Å². The molecule has 0 aliphatic carbocycles. The van der Waals surface area contributed by atoms with Crippen LogP contribution in [-0.2, 0) is 26.1 Å². The number of halogens is 1. The van der Waals surface area contributed by atoms with Crippen molar-refractivity contribution < 1.29 is 4.39 Å². The van der Waals surface area contributed by atoms with Crippen LogP contribution in [0.4, 0.5) is 4.39 Å². The van der Waals surface area contributed by atoms with E-state index in [0.29, 0.717) is 6.54 Å². The molecule has 0 radical (unpaired) electrons. The van der Waals surface area contributed by atoms with Gasteiger partial charge in [0, 0.05) is 45.0 Å². The smallest absolute Gasteiger partial charge is 0.123 e. The van der Waals surface area contributed by atoms with Crippen LogP contribution in [0.2, 0.25) is 0 Å². The number of aryl methyl sites for hydroxylation is 1. The minimum atomic E-state index is -0.210. The Morgan fingerprint density at radius 3 is 2.68 bits per heavy atom. The molecule has 0 amide bonds. The molecular formula is C29H31FN4. The zero-order chi connectivity index (χ0) is 23.3. The van der Waals surface area contributed by atoms with Crippen molar-refractivity contribution in [2.75, 3.05) is 13.1 Å². The van der Waals surface area contributed by atoms with Gasteiger partial charge in [-0.15, -0.1) is 0 Å². The van der Waals surface area contributed by atoms with Gasteiger partial charge in [-0.3, -0.25) is 4.90 Å². The van der Waals surface area contributed by atoms with E-state index in [2.05, 4.69) is 75.2 Å². The first-order chi connectivity index (χ1) is 16.6. The van der Waals surface area contributed by atoms with Crippen molar-refractivity contribution in [3.8, 4) is 0 Å². The third-order valence-corrected chi connectivity index (χ3v) is 6.65. The summed E-state index contributed by atoms with van der Waals surface area (Å²) in [5.41, 5.74) is 7.66. The maximum Gasteiger partial charge on any atom is 0.123 e. The second kappa shape index (κ2) is 10.3. The number of nitrogens with one attached hydrogen (secondary N) is 1. The summed E-state index contributed by atoms with van der Waals surface area (Å²) in [5.74, 6) is -0.210. The Kier molecular flexibility index (Phi) is 6.84. The van der Waals surface area contributed by atoms with E-state index in [0.717, 1.165) is 43.9 Å². The highest BCUT2D eigenvalue weighted by Gasteiger charge is 2.23. The lowest BCUT2D eigenvalue weighted by Gasteiger charge is -2.26. The summed E-state index contributed by atoms with van der Waals surface area (Å²) < 4.78 is 15.4. The molecule has 1 unspecified atom stereocenters. The molecule has 5 heteroatoms. The standard InChI is InChI=1S/C29H31FN4/c1-22-5-4-6-24(15-22)18-33-14-13-25-7-2-3-8-28(25)29(20-33)32-17-27-16-31-21-34(27)19-23-9-11-26(30)12-10-23/h2-12,15-16,21,29,32H,13-14,17-20H2,1H3. The van der Waals surface area contributed by atoms with Crippen LogP contribution in [0.1, 0.15) is 39.6 Å². The van der Waals surface area contributed by atoms with Gasteiger partial charge < -0.3 is 9.88 Å². The molecule has 1 atom stereocenters. The molecule has 1 N–H and O–H groups in total. The highest BCUT2D eigenvalue weighted by molar-refractivity contribution is 5.32. The van der Waals surface area contributed by atoms with Gasteiger partial charge in [-0.2, -0.15) is 0 Å². The van der Waals surface area contributed by atoms with Gasteiger partial charge in [0.1, 0.15) is 5.82 Å². The Morgan fingerprint density at radius 1 is 0.971 bits per heavy atom. The van der Waals surface area contributed by atoms with Crippen LogP contribution in [-0.4, -0.2) is 27.5 Å². The summed E-state index contributed by atoms with van der Waals surface area (Å²) in [4.78, 5) is 6.94. The van der Waals surface area contributed by atoms with Crippen LogP contribution in [0.5, 0.6) is 0 Å². The van der Waals surface area contributed by atoms with Crippen molar-refractivity contribution in [1.29, 1.82) is 0 Å². The first-order valence-electron chi connectivity index (χ1n) is 12.0. The van der Waals surface area contributed by atoms with Gasteiger partial charge in [0.05, 0.1) is 12.0 Å². The molecule has 34 heavy (non-hydrogen) atoms. The summed E-state index contributed by atoms with van der Waals surface area (Å²) in [6.45, 7) is 6.51. The van der Waals surface area contributed by atoms with Crippen molar-refractivity contribution in [2.45, 2.75) is 39.0 Å². The van der Waals surface area contributed by atoms with Crippen LogP contribution in [0.15, 0.2) is 85.3 Å². The van der Waals surface area contributed by atoms with E-state index in [1.165, 1.54) is 34.4 Å². The SMILES string of the molecule is Cc1cccc(CN2CCc3ccccc3C(NCc3cncn3Cc3ccc(F)cc3)C2)c1. The van der Waals surface area contributed by atoms with Gasteiger partial charge >= 0.3 is 0 Å². The fourth-order valence-electron chi connectivity index (χ4n) is 4.87. The molecule has 1 aliphatic rings. The fourth-order valence-corrected chi connectivity index (χ4v) is 4.87. The van der Waals surface area contributed by atoms with Crippen molar-refractivity contribution >= 4 is 0 Å². The second-order valence-electron chi connectivity index (χ2n) is 9.25. The second-order valence-corrected chi connectivity index (χ2v) is 9.25. The number of aromatic nitrogens is 2. The summed E-state index contributed by atoms with van der Waals surface area (Å²) in [5, 5.41) is 3.82. The Balaban J connectivity index is 1.31. The van der Waals surface area contributed by atoms with E-state index in [9.17, 15) is 4.39 Å². The van der Waals surface area contributed by atoms with Crippen LogP contribution in [0.3, 0.4) is 0 Å². The molecule has 0 saturated carbocycles. The van der Waals surface area contributed by atoms with E-state index in [4.69, 9.17) is 0 Å². The van der Waals surface area contributed by atoms with Gasteiger partial charge in [0.25, 0.3) is 0 Å². The molecule has 0 bridgehead atoms. The normalized spacial score (nSPS) is 16.2. The Bertz CT molecular complexity index is 1230. The monoisotopic (exact) mass is 454 g/mol. The third-order valence-electron chi connectivity index (χ3n) is 6.65. The summed E-state index contributed by atoms with van der Waals surface area (Å²) >= 11 is 0. The summed E-state index contributed by atoms with van der Waals surface area (Å²) in [6.07, 6.45) is 4.83. The summed E-state index contributed by atoms with van der Waals surface area (Å²) in [6, 6.07) is 24.5. The Morgan fingerprint density at radius 2 is 1.82 bits per heavy atom. The predicted molar refractivity (Wildman–Crippen MR) is 134 cm³/mol. The molecule has 0 fully saturated rings. The molecule has 4 aromatic rings. The highest BCUT2D eigenvalue weighted by Crippen LogP contribution is 2.25. The first kappa shape index (κ1) is 22.5. The zero-order valence-corrected chi connectivity index (χ0v) is 19.6. The Hall–Kier alpha value is -3.28.